The lowest BCUT2D eigenvalue weighted by molar-refractivity contribution is -0.148. The van der Waals surface area contributed by atoms with Crippen molar-refractivity contribution in [2.45, 2.75) is 12.2 Å². The van der Waals surface area contributed by atoms with Crippen LogP contribution in [-0.2, 0) is 10.1 Å². The van der Waals surface area contributed by atoms with Crippen LogP contribution in [-0.4, -0.2) is 44.0 Å². The molecule has 0 aliphatic rings. The second kappa shape index (κ2) is 7.00. The van der Waals surface area contributed by atoms with Gasteiger partial charge in [0.2, 0.25) is 0 Å². The Balaban J connectivity index is 3.01. The molecule has 0 radical (unpaired) electrons. The third-order valence-corrected chi connectivity index (χ3v) is 4.14. The molecule has 0 aliphatic carbocycles. The van der Waals surface area contributed by atoms with Gasteiger partial charge in [-0.05, 0) is 40.8 Å². The summed E-state index contributed by atoms with van der Waals surface area (Å²) in [5.41, 5.74) is -0.137. The van der Waals surface area contributed by atoms with Crippen LogP contribution in [0.15, 0.2) is 18.2 Å². The predicted octanol–water partition coefficient (Wildman–Crippen LogP) is 1.85. The van der Waals surface area contributed by atoms with Gasteiger partial charge in [0.25, 0.3) is 16.0 Å². The van der Waals surface area contributed by atoms with Crippen LogP contribution in [0.1, 0.15) is 10.4 Å². The van der Waals surface area contributed by atoms with E-state index in [0.717, 1.165) is 0 Å². The Bertz CT molecular complexity index is 662. The molecule has 2 N–H and O–H groups in total. The van der Waals surface area contributed by atoms with Crippen molar-refractivity contribution in [2.24, 2.45) is 0 Å². The summed E-state index contributed by atoms with van der Waals surface area (Å²) in [6.45, 7) is 0. The highest BCUT2D eigenvalue weighted by atomic mass is 127. The number of carbonyl (C=O) groups is 1. The number of rotatable bonds is 5. The van der Waals surface area contributed by atoms with Gasteiger partial charge < -0.3 is 10.1 Å². The molecule has 1 unspecified atom stereocenters. The molecule has 1 atom stereocenters. The second-order valence-corrected chi connectivity index (χ2v) is 6.82. The first-order valence-electron chi connectivity index (χ1n) is 5.60. The number of amides is 1. The molecule has 11 heteroatoms. The lowest BCUT2D eigenvalue weighted by atomic mass is 10.2. The van der Waals surface area contributed by atoms with Crippen LogP contribution in [0.2, 0.25) is 0 Å². The number of nitrogens with one attached hydrogen (secondary N) is 1. The molecule has 0 aliphatic heterocycles. The van der Waals surface area contributed by atoms with Crippen molar-refractivity contribution in [3.05, 3.63) is 27.3 Å². The van der Waals surface area contributed by atoms with E-state index < -0.39 is 34.0 Å². The van der Waals surface area contributed by atoms with E-state index in [1.165, 1.54) is 30.6 Å². The van der Waals surface area contributed by atoms with E-state index in [-0.39, 0.29) is 11.3 Å². The molecule has 0 heterocycles. The highest BCUT2D eigenvalue weighted by Gasteiger charge is 2.43. The van der Waals surface area contributed by atoms with Gasteiger partial charge >= 0.3 is 6.18 Å². The molecule has 0 fully saturated rings. The average molecular weight is 453 g/mol. The lowest BCUT2D eigenvalue weighted by Crippen LogP contribution is -2.49. The van der Waals surface area contributed by atoms with Gasteiger partial charge in [-0.25, -0.2) is 0 Å². The van der Waals surface area contributed by atoms with Gasteiger partial charge in [0.15, 0.2) is 0 Å². The monoisotopic (exact) mass is 453 g/mol. The molecular weight excluding hydrogens is 442 g/mol. The van der Waals surface area contributed by atoms with Crippen LogP contribution < -0.4 is 10.1 Å². The summed E-state index contributed by atoms with van der Waals surface area (Å²) >= 11 is 1.91. The van der Waals surface area contributed by atoms with Gasteiger partial charge in [-0.15, -0.1) is 0 Å². The Morgan fingerprint density at radius 3 is 2.50 bits per heavy atom. The Morgan fingerprint density at radius 1 is 1.45 bits per heavy atom. The molecule has 0 spiro atoms. The van der Waals surface area contributed by atoms with Gasteiger partial charge in [-0.2, -0.15) is 21.6 Å². The molecule has 0 aromatic heterocycles. The van der Waals surface area contributed by atoms with Crippen LogP contribution in [0.3, 0.4) is 0 Å². The molecule has 1 aromatic rings. The number of benzene rings is 1. The molecule has 6 nitrogen and oxygen atoms in total. The summed E-state index contributed by atoms with van der Waals surface area (Å²) in [4.78, 5) is 11.8. The number of halogens is 4. The average Bonchev–Trinajstić information content (AvgIpc) is 2.35. The van der Waals surface area contributed by atoms with Crippen LogP contribution in [0.5, 0.6) is 5.75 Å². The fourth-order valence-corrected chi connectivity index (χ4v) is 2.72. The SMILES string of the molecule is COc1cc(C(=O)NC(CS(=O)(=O)O)C(F)(F)F)ccc1I. The Hall–Kier alpha value is -1.08. The normalized spacial score (nSPS) is 13.5. The van der Waals surface area contributed by atoms with Crippen molar-refractivity contribution < 1.29 is 35.7 Å². The maximum atomic E-state index is 12.7. The Morgan fingerprint density at radius 2 is 2.05 bits per heavy atom. The van der Waals surface area contributed by atoms with Gasteiger partial charge in [0.1, 0.15) is 17.5 Å². The number of hydrogen-bond acceptors (Lipinski definition) is 4. The van der Waals surface area contributed by atoms with Gasteiger partial charge in [-0.1, -0.05) is 0 Å². The van der Waals surface area contributed by atoms with Crippen molar-refractivity contribution in [1.29, 1.82) is 0 Å². The molecule has 1 amide bonds. The maximum absolute atomic E-state index is 12.7. The first-order valence-corrected chi connectivity index (χ1v) is 8.29. The summed E-state index contributed by atoms with van der Waals surface area (Å²) in [6.07, 6.45) is -5.03. The second-order valence-electron chi connectivity index (χ2n) is 4.17. The van der Waals surface area contributed by atoms with Gasteiger partial charge in [-0.3, -0.25) is 9.35 Å². The minimum atomic E-state index is -5.03. The molecule has 124 valence electrons. The Kier molecular flexibility index (Phi) is 6.03. The lowest BCUT2D eigenvalue weighted by Gasteiger charge is -2.20. The zero-order chi connectivity index (χ0) is 17.1. The molecule has 0 saturated heterocycles. The number of ether oxygens (including phenoxy) is 1. The van der Waals surface area contributed by atoms with Crippen molar-refractivity contribution in [3.8, 4) is 5.75 Å². The number of methoxy groups -OCH3 is 1. The van der Waals surface area contributed by atoms with Crippen molar-refractivity contribution in [3.63, 3.8) is 0 Å². The minimum absolute atomic E-state index is 0.137. The molecular formula is C11H11F3INO5S. The molecule has 1 aromatic carbocycles. The van der Waals surface area contributed by atoms with E-state index in [4.69, 9.17) is 9.29 Å². The van der Waals surface area contributed by atoms with Gasteiger partial charge in [0.05, 0.1) is 10.7 Å². The first-order chi connectivity index (χ1) is 9.94. The van der Waals surface area contributed by atoms with E-state index >= 15 is 0 Å². The third kappa shape index (κ3) is 5.61. The van der Waals surface area contributed by atoms with Crippen molar-refractivity contribution in [2.75, 3.05) is 12.9 Å². The van der Waals surface area contributed by atoms with E-state index in [0.29, 0.717) is 3.57 Å². The first kappa shape index (κ1) is 19.0. The smallest absolute Gasteiger partial charge is 0.409 e. The summed E-state index contributed by atoms with van der Waals surface area (Å²) in [5, 5.41) is 1.54. The topological polar surface area (TPSA) is 92.7 Å². The van der Waals surface area contributed by atoms with Crippen molar-refractivity contribution in [1.82, 2.24) is 5.32 Å². The largest absolute Gasteiger partial charge is 0.496 e. The highest BCUT2D eigenvalue weighted by Crippen LogP contribution is 2.24. The fourth-order valence-electron chi connectivity index (χ4n) is 1.47. The van der Waals surface area contributed by atoms with Crippen LogP contribution in [0, 0.1) is 3.57 Å². The zero-order valence-corrected chi connectivity index (χ0v) is 14.0. The van der Waals surface area contributed by atoms with Gasteiger partial charge in [0, 0.05) is 5.56 Å². The van der Waals surface area contributed by atoms with E-state index in [2.05, 4.69) is 0 Å². The van der Waals surface area contributed by atoms with E-state index in [1.54, 1.807) is 0 Å². The molecule has 0 bridgehead atoms. The highest BCUT2D eigenvalue weighted by molar-refractivity contribution is 14.1. The maximum Gasteiger partial charge on any atom is 0.409 e. The third-order valence-electron chi connectivity index (χ3n) is 2.49. The number of alkyl halides is 3. The molecule has 22 heavy (non-hydrogen) atoms. The number of hydrogen-bond donors (Lipinski definition) is 2. The summed E-state index contributed by atoms with van der Waals surface area (Å²) in [6, 6.07) is 1.22. The van der Waals surface area contributed by atoms with Crippen LogP contribution >= 0.6 is 22.6 Å². The van der Waals surface area contributed by atoms with E-state index in [1.807, 2.05) is 22.6 Å². The van der Waals surface area contributed by atoms with Crippen LogP contribution in [0.4, 0.5) is 13.2 Å². The summed E-state index contributed by atoms with van der Waals surface area (Å²) in [5.74, 6) is -2.52. The fraction of sp³-hybridized carbons (Fsp3) is 0.364. The quantitative estimate of drug-likeness (QED) is 0.525. The summed E-state index contributed by atoms with van der Waals surface area (Å²) < 4.78 is 73.6. The molecule has 1 rings (SSSR count). The Labute approximate surface area is 137 Å². The van der Waals surface area contributed by atoms with E-state index in [9.17, 15) is 26.4 Å². The summed E-state index contributed by atoms with van der Waals surface area (Å²) in [7, 11) is -3.59. The predicted molar refractivity (Wildman–Crippen MR) is 79.4 cm³/mol. The zero-order valence-electron chi connectivity index (χ0n) is 11.0. The molecule has 0 saturated carbocycles. The minimum Gasteiger partial charge on any atom is -0.496 e. The van der Waals surface area contributed by atoms with Crippen molar-refractivity contribution >= 4 is 38.6 Å². The standard InChI is InChI=1S/C11H11F3INO5S/c1-21-8-4-6(2-3-7(8)15)10(17)16-9(11(12,13)14)5-22(18,19)20/h2-4,9H,5H2,1H3,(H,16,17)(H,18,19,20). The number of carbonyl (C=O) groups excluding carboxylic acids is 1. The van der Waals surface area contributed by atoms with Crippen LogP contribution in [0.25, 0.3) is 0 Å².